The summed E-state index contributed by atoms with van der Waals surface area (Å²) in [5, 5.41) is 2.56. The monoisotopic (exact) mass is 274 g/mol. The van der Waals surface area contributed by atoms with Crippen molar-refractivity contribution in [2.75, 3.05) is 17.8 Å². The number of hydrogen-bond donors (Lipinski definition) is 2. The Hall–Kier alpha value is -2.76. The molecule has 0 fully saturated rings. The molecule has 0 unspecified atom stereocenters. The maximum absolute atomic E-state index is 13.1. The molecule has 2 aromatic rings. The van der Waals surface area contributed by atoms with Crippen LogP contribution in [-0.2, 0) is 0 Å². The Bertz CT molecular complexity index is 688. The molecule has 3 N–H and O–H groups in total. The molecule has 1 amide bonds. The molecule has 3 rings (SSSR count). The van der Waals surface area contributed by atoms with Gasteiger partial charge in [0.05, 0.1) is 11.4 Å². The molecule has 0 saturated carbocycles. The largest absolute Gasteiger partial charge is 0.454 e. The number of amides is 1. The van der Waals surface area contributed by atoms with Gasteiger partial charge >= 0.3 is 0 Å². The highest BCUT2D eigenvalue weighted by Gasteiger charge is 2.16. The third kappa shape index (κ3) is 2.23. The summed E-state index contributed by atoms with van der Waals surface area (Å²) in [5.41, 5.74) is 6.57. The highest BCUT2D eigenvalue weighted by atomic mass is 19.1. The zero-order chi connectivity index (χ0) is 14.1. The number of anilines is 2. The lowest BCUT2D eigenvalue weighted by Crippen LogP contribution is -2.13. The van der Waals surface area contributed by atoms with Crippen molar-refractivity contribution in [3.63, 3.8) is 0 Å². The third-order valence-electron chi connectivity index (χ3n) is 2.90. The second-order valence-corrected chi connectivity index (χ2v) is 4.25. The van der Waals surface area contributed by atoms with E-state index in [1.54, 1.807) is 18.2 Å². The molecule has 0 aromatic heterocycles. The van der Waals surface area contributed by atoms with Crippen LogP contribution in [0, 0.1) is 5.82 Å². The van der Waals surface area contributed by atoms with E-state index >= 15 is 0 Å². The zero-order valence-electron chi connectivity index (χ0n) is 10.4. The Balaban J connectivity index is 1.84. The van der Waals surface area contributed by atoms with E-state index in [4.69, 9.17) is 15.2 Å². The third-order valence-corrected chi connectivity index (χ3v) is 2.90. The minimum atomic E-state index is -0.472. The molecule has 5 nitrogen and oxygen atoms in total. The Morgan fingerprint density at radius 1 is 1.15 bits per heavy atom. The summed E-state index contributed by atoms with van der Waals surface area (Å²) in [6.07, 6.45) is 0. The molecule has 102 valence electrons. The van der Waals surface area contributed by atoms with Gasteiger partial charge in [-0.05, 0) is 36.4 Å². The van der Waals surface area contributed by atoms with Gasteiger partial charge in [-0.2, -0.15) is 0 Å². The quantitative estimate of drug-likeness (QED) is 0.825. The number of carbonyl (C=O) groups is 1. The number of carbonyl (C=O) groups excluding carboxylic acids is 1. The lowest BCUT2D eigenvalue weighted by Gasteiger charge is -2.08. The molecule has 20 heavy (non-hydrogen) atoms. The highest BCUT2D eigenvalue weighted by Crippen LogP contribution is 2.32. The van der Waals surface area contributed by atoms with Gasteiger partial charge in [-0.1, -0.05) is 0 Å². The predicted molar refractivity (Wildman–Crippen MR) is 71.3 cm³/mol. The van der Waals surface area contributed by atoms with E-state index in [1.807, 2.05) is 0 Å². The van der Waals surface area contributed by atoms with Gasteiger partial charge in [0.15, 0.2) is 11.5 Å². The summed E-state index contributed by atoms with van der Waals surface area (Å²) in [6.45, 7) is 0.136. The second-order valence-electron chi connectivity index (χ2n) is 4.25. The maximum atomic E-state index is 13.1. The summed E-state index contributed by atoms with van der Waals surface area (Å²) in [5.74, 6) is 0.220. The molecule has 2 aromatic carbocycles. The van der Waals surface area contributed by atoms with Crippen LogP contribution in [0.25, 0.3) is 0 Å². The summed E-state index contributed by atoms with van der Waals surface area (Å²) < 4.78 is 23.5. The van der Waals surface area contributed by atoms with Crippen molar-refractivity contribution in [2.45, 2.75) is 0 Å². The van der Waals surface area contributed by atoms with Crippen LogP contribution >= 0.6 is 0 Å². The van der Waals surface area contributed by atoms with Crippen LogP contribution in [0.4, 0.5) is 15.8 Å². The number of rotatable bonds is 2. The smallest absolute Gasteiger partial charge is 0.255 e. The normalized spacial score (nSPS) is 12.2. The molecule has 1 aliphatic heterocycles. The molecule has 0 spiro atoms. The van der Waals surface area contributed by atoms with Crippen molar-refractivity contribution in [1.29, 1.82) is 0 Å². The fourth-order valence-corrected chi connectivity index (χ4v) is 1.87. The van der Waals surface area contributed by atoms with E-state index in [1.165, 1.54) is 18.2 Å². The van der Waals surface area contributed by atoms with Crippen molar-refractivity contribution >= 4 is 17.3 Å². The van der Waals surface area contributed by atoms with E-state index in [0.717, 1.165) is 0 Å². The van der Waals surface area contributed by atoms with E-state index < -0.39 is 11.7 Å². The standard InChI is InChI=1S/C14H11FN2O3/c15-9-2-3-10(16)11(6-9)17-14(18)8-1-4-12-13(5-8)20-7-19-12/h1-6H,7,16H2,(H,17,18). The molecule has 0 radical (unpaired) electrons. The van der Waals surface area contributed by atoms with Crippen LogP contribution < -0.4 is 20.5 Å². The Labute approximate surface area is 114 Å². The van der Waals surface area contributed by atoms with Gasteiger partial charge in [-0.3, -0.25) is 4.79 Å². The van der Waals surface area contributed by atoms with E-state index in [9.17, 15) is 9.18 Å². The minimum absolute atomic E-state index is 0.136. The SMILES string of the molecule is Nc1ccc(F)cc1NC(=O)c1ccc2c(c1)OCO2. The van der Waals surface area contributed by atoms with Gasteiger partial charge in [0.25, 0.3) is 5.91 Å². The van der Waals surface area contributed by atoms with Gasteiger partial charge in [0, 0.05) is 5.56 Å². The first-order chi connectivity index (χ1) is 9.63. The first kappa shape index (κ1) is 12.3. The topological polar surface area (TPSA) is 73.6 Å². The fourth-order valence-electron chi connectivity index (χ4n) is 1.87. The summed E-state index contributed by atoms with van der Waals surface area (Å²) in [6, 6.07) is 8.59. The van der Waals surface area contributed by atoms with Crippen LogP contribution in [0.2, 0.25) is 0 Å². The first-order valence-electron chi connectivity index (χ1n) is 5.89. The number of nitrogens with two attached hydrogens (primary N) is 1. The van der Waals surface area contributed by atoms with Crippen molar-refractivity contribution in [2.24, 2.45) is 0 Å². The van der Waals surface area contributed by atoms with Crippen molar-refractivity contribution in [3.8, 4) is 11.5 Å². The Morgan fingerprint density at radius 3 is 2.80 bits per heavy atom. The molecule has 6 heteroatoms. The molecule has 1 heterocycles. The molecule has 1 aliphatic rings. The van der Waals surface area contributed by atoms with Crippen LogP contribution in [0.5, 0.6) is 11.5 Å². The highest BCUT2D eigenvalue weighted by molar-refractivity contribution is 6.06. The zero-order valence-corrected chi connectivity index (χ0v) is 10.4. The molecule has 0 saturated heterocycles. The summed E-state index contributed by atoms with van der Waals surface area (Å²) in [7, 11) is 0. The van der Waals surface area contributed by atoms with E-state index in [-0.39, 0.29) is 12.5 Å². The number of hydrogen-bond acceptors (Lipinski definition) is 4. The van der Waals surface area contributed by atoms with Crippen LogP contribution in [0.1, 0.15) is 10.4 Å². The van der Waals surface area contributed by atoms with E-state index in [2.05, 4.69) is 5.32 Å². The minimum Gasteiger partial charge on any atom is -0.454 e. The van der Waals surface area contributed by atoms with Crippen LogP contribution in [-0.4, -0.2) is 12.7 Å². The molecule has 0 atom stereocenters. The van der Waals surface area contributed by atoms with Crippen LogP contribution in [0.3, 0.4) is 0 Å². The molecule has 0 aliphatic carbocycles. The molecular formula is C14H11FN2O3. The predicted octanol–water partition coefficient (Wildman–Crippen LogP) is 2.39. The fraction of sp³-hybridized carbons (Fsp3) is 0.0714. The number of fused-ring (bicyclic) bond motifs is 1. The van der Waals surface area contributed by atoms with Crippen LogP contribution in [0.15, 0.2) is 36.4 Å². The average Bonchev–Trinajstić information content (AvgIpc) is 2.90. The van der Waals surface area contributed by atoms with Gasteiger partial charge < -0.3 is 20.5 Å². The second kappa shape index (κ2) is 4.73. The molecular weight excluding hydrogens is 263 g/mol. The van der Waals surface area contributed by atoms with Gasteiger partial charge in [0.2, 0.25) is 6.79 Å². The summed E-state index contributed by atoms with van der Waals surface area (Å²) in [4.78, 5) is 12.1. The number of ether oxygens (including phenoxy) is 2. The first-order valence-corrected chi connectivity index (χ1v) is 5.89. The van der Waals surface area contributed by atoms with Crippen molar-refractivity contribution in [1.82, 2.24) is 0 Å². The Morgan fingerprint density at radius 2 is 1.95 bits per heavy atom. The van der Waals surface area contributed by atoms with Gasteiger partial charge in [-0.15, -0.1) is 0 Å². The number of halogens is 1. The van der Waals surface area contributed by atoms with Gasteiger partial charge in [0.1, 0.15) is 5.82 Å². The van der Waals surface area contributed by atoms with E-state index in [0.29, 0.717) is 22.7 Å². The number of benzene rings is 2. The van der Waals surface area contributed by atoms with Crippen molar-refractivity contribution < 1.29 is 18.7 Å². The Kier molecular flexibility index (Phi) is 2.90. The maximum Gasteiger partial charge on any atom is 0.255 e. The van der Waals surface area contributed by atoms with Crippen molar-refractivity contribution in [3.05, 3.63) is 47.8 Å². The molecule has 0 bridgehead atoms. The number of nitrogen functional groups attached to an aromatic ring is 1. The average molecular weight is 274 g/mol. The number of nitrogens with one attached hydrogen (secondary N) is 1. The van der Waals surface area contributed by atoms with Gasteiger partial charge in [-0.25, -0.2) is 4.39 Å². The lowest BCUT2D eigenvalue weighted by molar-refractivity contribution is 0.102. The lowest BCUT2D eigenvalue weighted by atomic mass is 10.1. The summed E-state index contributed by atoms with van der Waals surface area (Å²) >= 11 is 0.